The van der Waals surface area contributed by atoms with Crippen LogP contribution in [0.4, 0.5) is 0 Å². The Kier molecular flexibility index (Phi) is 4.76. The van der Waals surface area contributed by atoms with Crippen molar-refractivity contribution in [2.45, 2.75) is 25.1 Å². The molecule has 0 amide bonds. The summed E-state index contributed by atoms with van der Waals surface area (Å²) >= 11 is 12.5. The van der Waals surface area contributed by atoms with E-state index >= 15 is 0 Å². The average Bonchev–Trinajstić information content (AvgIpc) is 3.20. The van der Waals surface area contributed by atoms with E-state index in [1.54, 1.807) is 6.07 Å². The van der Waals surface area contributed by atoms with Gasteiger partial charge in [-0.25, -0.2) is 4.68 Å². The summed E-state index contributed by atoms with van der Waals surface area (Å²) in [6.07, 6.45) is 3.91. The highest BCUT2D eigenvalue weighted by molar-refractivity contribution is 6.35. The van der Waals surface area contributed by atoms with Crippen LogP contribution in [0, 0.1) is 0 Å². The van der Waals surface area contributed by atoms with E-state index in [4.69, 9.17) is 23.2 Å². The Balaban J connectivity index is 1.56. The zero-order valence-corrected chi connectivity index (χ0v) is 15.8. The highest BCUT2D eigenvalue weighted by atomic mass is 35.5. The fourth-order valence-electron chi connectivity index (χ4n) is 3.71. The van der Waals surface area contributed by atoms with Crippen LogP contribution in [0.5, 0.6) is 0 Å². The van der Waals surface area contributed by atoms with Gasteiger partial charge in [0.25, 0.3) is 0 Å². The Morgan fingerprint density at radius 1 is 1.23 bits per heavy atom. The first-order valence-corrected chi connectivity index (χ1v) is 9.23. The van der Waals surface area contributed by atoms with Crippen LogP contribution >= 0.6 is 23.2 Å². The number of nitrogens with zero attached hydrogens (tertiary/aromatic N) is 3. The number of hydrogen-bond donors (Lipinski definition) is 1. The van der Waals surface area contributed by atoms with Gasteiger partial charge in [0.1, 0.15) is 0 Å². The molecule has 1 heterocycles. The van der Waals surface area contributed by atoms with E-state index in [2.05, 4.69) is 10.00 Å². The highest BCUT2D eigenvalue weighted by Crippen LogP contribution is 2.41. The lowest BCUT2D eigenvalue weighted by Gasteiger charge is -2.27. The van der Waals surface area contributed by atoms with Crippen LogP contribution in [-0.4, -0.2) is 32.9 Å². The molecule has 134 valence electrons. The number of fused-ring (bicyclic) bond motifs is 1. The monoisotopic (exact) mass is 387 g/mol. The molecule has 4 nitrogen and oxygen atoms in total. The number of likely N-dealkylation sites (N-methyl/N-ethyl adjacent to an activating group) is 1. The Bertz CT molecular complexity index is 926. The van der Waals surface area contributed by atoms with Crippen LogP contribution in [0.15, 0.2) is 54.9 Å². The van der Waals surface area contributed by atoms with E-state index in [9.17, 15) is 5.11 Å². The fraction of sp³-hybridized carbons (Fsp3) is 0.250. The molecule has 1 aromatic heterocycles. The van der Waals surface area contributed by atoms with Gasteiger partial charge in [0, 0.05) is 34.8 Å². The molecule has 0 saturated heterocycles. The molecule has 1 N–H and O–H groups in total. The first-order valence-electron chi connectivity index (χ1n) is 8.48. The van der Waals surface area contributed by atoms with Crippen molar-refractivity contribution in [2.75, 3.05) is 7.05 Å². The van der Waals surface area contributed by atoms with Gasteiger partial charge in [-0.1, -0.05) is 41.4 Å². The van der Waals surface area contributed by atoms with Gasteiger partial charge < -0.3 is 5.11 Å². The summed E-state index contributed by atoms with van der Waals surface area (Å²) < 4.78 is 1.86. The molecule has 6 heteroatoms. The van der Waals surface area contributed by atoms with Crippen LogP contribution in [0.1, 0.15) is 22.7 Å². The third kappa shape index (κ3) is 3.26. The smallest absolute Gasteiger partial charge is 0.0778 e. The highest BCUT2D eigenvalue weighted by Gasteiger charge is 2.35. The minimum absolute atomic E-state index is 0.138. The number of para-hydroxylation sites is 1. The number of aliphatic hydroxyl groups excluding tert-OH is 1. The van der Waals surface area contributed by atoms with Crippen LogP contribution in [-0.2, 0) is 13.0 Å². The van der Waals surface area contributed by atoms with Crippen molar-refractivity contribution < 1.29 is 5.11 Å². The Morgan fingerprint density at radius 2 is 2.00 bits per heavy atom. The predicted molar refractivity (Wildman–Crippen MR) is 104 cm³/mol. The molecule has 1 aliphatic rings. The molecular formula is C20H19Cl2N3O. The molecule has 3 aromatic rings. The first kappa shape index (κ1) is 17.6. The molecule has 1 aliphatic carbocycles. The summed E-state index contributed by atoms with van der Waals surface area (Å²) in [5.41, 5.74) is 4.09. The van der Waals surface area contributed by atoms with Crippen molar-refractivity contribution in [1.82, 2.24) is 14.7 Å². The maximum atomic E-state index is 10.6. The van der Waals surface area contributed by atoms with E-state index in [1.165, 1.54) is 0 Å². The van der Waals surface area contributed by atoms with Gasteiger partial charge in [-0.05, 0) is 42.4 Å². The number of hydrogen-bond acceptors (Lipinski definition) is 3. The van der Waals surface area contributed by atoms with E-state index in [0.29, 0.717) is 23.0 Å². The summed E-state index contributed by atoms with van der Waals surface area (Å²) in [5, 5.41) is 16.3. The Hall–Kier alpha value is -1.85. The van der Waals surface area contributed by atoms with Gasteiger partial charge in [-0.2, -0.15) is 5.10 Å². The number of benzene rings is 2. The summed E-state index contributed by atoms with van der Waals surface area (Å²) in [7, 11) is 2.00. The first-order chi connectivity index (χ1) is 12.5. The normalized spacial score (nSPS) is 19.1. The van der Waals surface area contributed by atoms with Gasteiger partial charge in [-0.15, -0.1) is 0 Å². The fourth-order valence-corrected chi connectivity index (χ4v) is 4.30. The zero-order valence-electron chi connectivity index (χ0n) is 14.3. The SMILES string of the molecule is CN(Cc1cnn(-c2ccccc2)c1)C1c2cc(Cl)cc(Cl)c2CC1O. The number of aliphatic hydroxyl groups is 1. The van der Waals surface area contributed by atoms with Crippen molar-refractivity contribution >= 4 is 23.2 Å². The average molecular weight is 388 g/mol. The van der Waals surface area contributed by atoms with Crippen LogP contribution in [0.25, 0.3) is 5.69 Å². The molecular weight excluding hydrogens is 369 g/mol. The molecule has 0 radical (unpaired) electrons. The Morgan fingerprint density at radius 3 is 2.77 bits per heavy atom. The van der Waals surface area contributed by atoms with Gasteiger partial charge >= 0.3 is 0 Å². The lowest BCUT2D eigenvalue weighted by atomic mass is 10.1. The Labute approximate surface area is 162 Å². The zero-order chi connectivity index (χ0) is 18.3. The van der Waals surface area contributed by atoms with Crippen molar-refractivity contribution in [3.8, 4) is 5.69 Å². The third-order valence-electron chi connectivity index (χ3n) is 4.85. The standard InChI is InChI=1S/C20H19Cl2N3O/c1-24(11-13-10-23-25(12-13)15-5-3-2-4-6-15)20-17-7-14(21)8-18(22)16(17)9-19(20)26/h2-8,10,12,19-20,26H,9,11H2,1H3. The maximum Gasteiger partial charge on any atom is 0.0778 e. The molecule has 2 unspecified atom stereocenters. The molecule has 4 rings (SSSR count). The predicted octanol–water partition coefficient (Wildman–Crippen LogP) is 4.27. The molecule has 0 saturated carbocycles. The van der Waals surface area contributed by atoms with Gasteiger partial charge in [0.2, 0.25) is 0 Å². The lowest BCUT2D eigenvalue weighted by molar-refractivity contribution is 0.0725. The second-order valence-electron chi connectivity index (χ2n) is 6.72. The third-order valence-corrected chi connectivity index (χ3v) is 5.41. The van der Waals surface area contributed by atoms with Crippen LogP contribution < -0.4 is 0 Å². The number of halogens is 2. The largest absolute Gasteiger partial charge is 0.391 e. The van der Waals surface area contributed by atoms with E-state index in [1.807, 2.05) is 60.5 Å². The summed E-state index contributed by atoms with van der Waals surface area (Å²) in [5.74, 6) is 0. The number of rotatable bonds is 4. The molecule has 0 fully saturated rings. The lowest BCUT2D eigenvalue weighted by Crippen LogP contribution is -2.30. The number of aromatic nitrogens is 2. The van der Waals surface area contributed by atoms with Crippen LogP contribution in [0.2, 0.25) is 10.0 Å². The second kappa shape index (κ2) is 7.05. The second-order valence-corrected chi connectivity index (χ2v) is 7.56. The molecule has 2 aromatic carbocycles. The summed E-state index contributed by atoms with van der Waals surface area (Å²) in [6, 6.07) is 13.5. The summed E-state index contributed by atoms with van der Waals surface area (Å²) in [6.45, 7) is 0.665. The van der Waals surface area contributed by atoms with Crippen LogP contribution in [0.3, 0.4) is 0 Å². The summed E-state index contributed by atoms with van der Waals surface area (Å²) in [4.78, 5) is 2.12. The van der Waals surface area contributed by atoms with E-state index in [0.717, 1.165) is 22.4 Å². The van der Waals surface area contributed by atoms with Gasteiger partial charge in [0.15, 0.2) is 0 Å². The quantitative estimate of drug-likeness (QED) is 0.726. The minimum Gasteiger partial charge on any atom is -0.391 e. The maximum absolute atomic E-state index is 10.6. The molecule has 0 bridgehead atoms. The van der Waals surface area contributed by atoms with Gasteiger partial charge in [-0.3, -0.25) is 4.90 Å². The molecule has 0 aliphatic heterocycles. The van der Waals surface area contributed by atoms with E-state index < -0.39 is 6.10 Å². The minimum atomic E-state index is -0.505. The van der Waals surface area contributed by atoms with E-state index in [-0.39, 0.29) is 6.04 Å². The van der Waals surface area contributed by atoms with Crippen molar-refractivity contribution in [2.24, 2.45) is 0 Å². The topological polar surface area (TPSA) is 41.3 Å². The van der Waals surface area contributed by atoms with Gasteiger partial charge in [0.05, 0.1) is 24.0 Å². The molecule has 2 atom stereocenters. The molecule has 0 spiro atoms. The molecule has 26 heavy (non-hydrogen) atoms. The van der Waals surface area contributed by atoms with Crippen molar-refractivity contribution in [1.29, 1.82) is 0 Å². The van der Waals surface area contributed by atoms with Crippen molar-refractivity contribution in [3.63, 3.8) is 0 Å². The van der Waals surface area contributed by atoms with Crippen molar-refractivity contribution in [3.05, 3.63) is 81.6 Å².